The summed E-state index contributed by atoms with van der Waals surface area (Å²) in [6.45, 7) is 12.5. The second kappa shape index (κ2) is 14.3. The van der Waals surface area contributed by atoms with E-state index in [-0.39, 0.29) is 34.2 Å². The van der Waals surface area contributed by atoms with Crippen molar-refractivity contribution in [3.63, 3.8) is 0 Å². The molecule has 2 spiro atoms. The summed E-state index contributed by atoms with van der Waals surface area (Å²) in [5, 5.41) is 15.2. The lowest BCUT2D eigenvalue weighted by Gasteiger charge is -2.33. The highest BCUT2D eigenvalue weighted by atomic mass is 35.5. The Kier molecular flexibility index (Phi) is 10.5. The molecule has 4 N–H and O–H groups in total. The highest BCUT2D eigenvalue weighted by molar-refractivity contribution is 7.97. The minimum atomic E-state index is -0.516. The van der Waals surface area contributed by atoms with E-state index < -0.39 is 5.60 Å². The summed E-state index contributed by atoms with van der Waals surface area (Å²) in [7, 11) is 0. The molecular weight excluding hydrogens is 674 g/mol. The van der Waals surface area contributed by atoms with Crippen LogP contribution in [0.5, 0.6) is 0 Å². The van der Waals surface area contributed by atoms with Crippen LogP contribution in [-0.4, -0.2) is 63.6 Å². The van der Waals surface area contributed by atoms with Crippen LogP contribution in [0.1, 0.15) is 95.6 Å². The van der Waals surface area contributed by atoms with Gasteiger partial charge < -0.3 is 25.0 Å². The van der Waals surface area contributed by atoms with Gasteiger partial charge in [-0.1, -0.05) is 17.7 Å². The molecule has 13 heteroatoms. The van der Waals surface area contributed by atoms with E-state index in [1.807, 2.05) is 43.9 Å². The molecule has 0 bridgehead atoms. The molecule has 11 nitrogen and oxygen atoms in total. The molecule has 3 saturated carbocycles. The van der Waals surface area contributed by atoms with E-state index in [1.165, 1.54) is 25.7 Å². The smallest absolute Gasteiger partial charge is 0.410 e. The molecule has 6 rings (SSSR count). The maximum Gasteiger partial charge on any atom is 0.410 e. The van der Waals surface area contributed by atoms with Gasteiger partial charge in [0.2, 0.25) is 5.90 Å². The van der Waals surface area contributed by atoms with Crippen molar-refractivity contribution in [2.45, 2.75) is 102 Å². The quantitative estimate of drug-likeness (QED) is 0.0510. The van der Waals surface area contributed by atoms with Crippen LogP contribution in [0.4, 0.5) is 10.6 Å². The van der Waals surface area contributed by atoms with Crippen LogP contribution in [0.3, 0.4) is 0 Å². The van der Waals surface area contributed by atoms with Gasteiger partial charge >= 0.3 is 6.09 Å². The maximum absolute atomic E-state index is 12.9. The number of amides is 2. The zero-order valence-electron chi connectivity index (χ0n) is 29.7. The van der Waals surface area contributed by atoms with E-state index in [0.717, 1.165) is 49.4 Å². The summed E-state index contributed by atoms with van der Waals surface area (Å²) < 4.78 is 14.0. The number of aromatic nitrogens is 2. The molecule has 2 amide bonds. The average Bonchev–Trinajstić information content (AvgIpc) is 3.99. The van der Waals surface area contributed by atoms with E-state index in [9.17, 15) is 9.59 Å². The number of likely N-dealkylation sites (tertiary alicyclic amines) is 1. The van der Waals surface area contributed by atoms with Gasteiger partial charge in [0.05, 0.1) is 17.9 Å². The van der Waals surface area contributed by atoms with E-state index in [1.54, 1.807) is 24.4 Å². The van der Waals surface area contributed by atoms with Gasteiger partial charge in [0.15, 0.2) is 0 Å². The fourth-order valence-electron chi connectivity index (χ4n) is 8.08. The molecule has 270 valence electrons. The predicted molar refractivity (Wildman–Crippen MR) is 196 cm³/mol. The summed E-state index contributed by atoms with van der Waals surface area (Å²) in [6, 6.07) is 8.94. The molecule has 2 aromatic heterocycles. The fourth-order valence-corrected chi connectivity index (χ4v) is 8.94. The highest BCUT2D eigenvalue weighted by Crippen LogP contribution is 2.93. The maximum atomic E-state index is 12.9. The molecule has 1 saturated heterocycles. The summed E-state index contributed by atoms with van der Waals surface area (Å²) in [6.07, 6.45) is 11.3. The Morgan fingerprint density at radius 2 is 1.84 bits per heavy atom. The Bertz CT molecular complexity index is 1620. The number of carbonyl (C=O) groups is 2. The number of carbonyl (C=O) groups excluding carboxylic acids is 2. The van der Waals surface area contributed by atoms with Crippen LogP contribution in [0.25, 0.3) is 0 Å². The number of hydrogen-bond donors (Lipinski definition) is 4. The molecular formula is C37H50ClN7O4S. The van der Waals surface area contributed by atoms with Crippen LogP contribution in [0.2, 0.25) is 5.15 Å². The van der Waals surface area contributed by atoms with Crippen molar-refractivity contribution in [2.24, 2.45) is 22.7 Å². The molecule has 1 unspecified atom stereocenters. The number of ether oxygens (including phenoxy) is 2. The van der Waals surface area contributed by atoms with Gasteiger partial charge in [0, 0.05) is 42.9 Å². The zero-order chi connectivity index (χ0) is 35.7. The molecule has 3 heterocycles. The van der Waals surface area contributed by atoms with Gasteiger partial charge in [-0.05, 0) is 133 Å². The standard InChI is InChI=1S/C37H50ClN7O4S/c1-34(2,3)49-33(47)45-23-24(21-35(45,4)5)11-18-40-22-25-7-6-8-30(42-25)50-44-32(46)26-9-10-29(43-31(26)38)41-19-12-28(39)48-20-13-27-36(14-15-36)37(27)16-17-37/h6-10,12,19,24,27,39-40H,11,13-18,20-23H2,1-5H3,(H,41,43)(H,44,46)/b19-12-,39-28?. The second-order valence-corrected chi connectivity index (χ2v) is 17.0. The number of nitrogens with zero attached hydrogens (tertiary/aromatic N) is 3. The average molecular weight is 724 g/mol. The van der Waals surface area contributed by atoms with Gasteiger partial charge in [0.25, 0.3) is 5.91 Å². The molecule has 4 fully saturated rings. The zero-order valence-corrected chi connectivity index (χ0v) is 31.3. The van der Waals surface area contributed by atoms with E-state index in [4.69, 9.17) is 26.5 Å². The van der Waals surface area contributed by atoms with Crippen molar-refractivity contribution in [3.05, 3.63) is 59.0 Å². The molecule has 3 aliphatic carbocycles. The first kappa shape index (κ1) is 36.4. The van der Waals surface area contributed by atoms with Gasteiger partial charge in [-0.3, -0.25) is 14.9 Å². The van der Waals surface area contributed by atoms with E-state index in [2.05, 4.69) is 39.2 Å². The van der Waals surface area contributed by atoms with Crippen molar-refractivity contribution in [1.29, 1.82) is 5.41 Å². The van der Waals surface area contributed by atoms with Gasteiger partial charge in [-0.2, -0.15) is 0 Å². The lowest BCUT2D eigenvalue weighted by atomic mass is 9.94. The minimum absolute atomic E-state index is 0.0612. The van der Waals surface area contributed by atoms with Gasteiger partial charge in [0.1, 0.15) is 21.6 Å². The molecule has 1 atom stereocenters. The third-order valence-electron chi connectivity index (χ3n) is 10.7. The highest BCUT2D eigenvalue weighted by Gasteiger charge is 2.85. The van der Waals surface area contributed by atoms with Crippen LogP contribution in [-0.2, 0) is 16.0 Å². The predicted octanol–water partition coefficient (Wildman–Crippen LogP) is 7.58. The number of fused-ring (bicyclic) bond motifs is 1. The van der Waals surface area contributed by atoms with E-state index >= 15 is 0 Å². The van der Waals surface area contributed by atoms with Crippen molar-refractivity contribution in [3.8, 4) is 0 Å². The first-order valence-electron chi connectivity index (χ1n) is 17.7. The third kappa shape index (κ3) is 8.40. The molecule has 50 heavy (non-hydrogen) atoms. The molecule has 0 aromatic carbocycles. The monoisotopic (exact) mass is 723 g/mol. The third-order valence-corrected chi connectivity index (χ3v) is 11.7. The Morgan fingerprint density at radius 1 is 1.10 bits per heavy atom. The minimum Gasteiger partial charge on any atom is -0.478 e. The fraction of sp³-hybridized carbons (Fsp3) is 0.595. The summed E-state index contributed by atoms with van der Waals surface area (Å²) in [4.78, 5) is 36.4. The molecule has 4 aliphatic rings. The SMILES string of the molecule is CC(C)(C)OC(=O)N1CC(CCNCc2cccc(SNC(=O)c3ccc(N/C=C\C(=N)OCCC4C5(CC5)C45CC5)nc3Cl)n2)CC1(C)C. The summed E-state index contributed by atoms with van der Waals surface area (Å²) in [5.41, 5.74) is 1.66. The number of rotatable bonds is 14. The number of anilines is 1. The Morgan fingerprint density at radius 3 is 2.52 bits per heavy atom. The van der Waals surface area contributed by atoms with Crippen molar-refractivity contribution < 1.29 is 19.1 Å². The van der Waals surface area contributed by atoms with Crippen molar-refractivity contribution >= 4 is 47.3 Å². The van der Waals surface area contributed by atoms with Crippen LogP contribution >= 0.6 is 23.5 Å². The van der Waals surface area contributed by atoms with Crippen molar-refractivity contribution in [1.82, 2.24) is 24.9 Å². The lowest BCUT2D eigenvalue weighted by Crippen LogP contribution is -2.45. The van der Waals surface area contributed by atoms with Gasteiger partial charge in [-0.15, -0.1) is 0 Å². The summed E-state index contributed by atoms with van der Waals surface area (Å²) >= 11 is 7.47. The Balaban J connectivity index is 0.882. The number of halogens is 1. The Labute approximate surface area is 304 Å². The lowest BCUT2D eigenvalue weighted by molar-refractivity contribution is 0.0130. The first-order chi connectivity index (χ1) is 23.7. The molecule has 0 radical (unpaired) electrons. The number of pyridine rings is 2. The van der Waals surface area contributed by atoms with Crippen LogP contribution in [0.15, 0.2) is 47.6 Å². The Hall–Kier alpha value is -3.35. The normalized spacial score (nSPS) is 21.0. The topological polar surface area (TPSA) is 142 Å². The number of nitrogens with one attached hydrogen (secondary N) is 4. The van der Waals surface area contributed by atoms with Crippen LogP contribution in [0, 0.1) is 28.1 Å². The largest absolute Gasteiger partial charge is 0.478 e. The van der Waals surface area contributed by atoms with E-state index in [0.29, 0.717) is 47.3 Å². The molecule has 1 aliphatic heterocycles. The first-order valence-corrected chi connectivity index (χ1v) is 18.9. The number of hydrogen-bond acceptors (Lipinski definition) is 10. The van der Waals surface area contributed by atoms with Gasteiger partial charge in [-0.25, -0.2) is 14.8 Å². The second-order valence-electron chi connectivity index (χ2n) is 15.8. The van der Waals surface area contributed by atoms with Crippen molar-refractivity contribution in [2.75, 3.05) is 25.0 Å². The molecule has 2 aromatic rings. The van der Waals surface area contributed by atoms with Crippen LogP contribution < -0.4 is 15.4 Å². The summed E-state index contributed by atoms with van der Waals surface area (Å²) in [5.74, 6) is 1.36.